The van der Waals surface area contributed by atoms with Gasteiger partial charge in [0.15, 0.2) is 0 Å². The summed E-state index contributed by atoms with van der Waals surface area (Å²) in [5.41, 5.74) is 3.54. The topological polar surface area (TPSA) is 41.5 Å². The highest BCUT2D eigenvalue weighted by Gasteiger charge is 2.10. The fourth-order valence-electron chi connectivity index (χ4n) is 2.30. The number of aliphatic hydroxyl groups is 1. The van der Waals surface area contributed by atoms with Crippen LogP contribution in [0.1, 0.15) is 29.7 Å². The van der Waals surface area contributed by atoms with Crippen molar-refractivity contribution in [2.75, 3.05) is 13.2 Å². The third kappa shape index (κ3) is 4.58. The van der Waals surface area contributed by atoms with Crippen molar-refractivity contribution >= 4 is 0 Å². The molecule has 2 N–H and O–H groups in total. The second-order valence-electron chi connectivity index (χ2n) is 5.70. The third-order valence-corrected chi connectivity index (χ3v) is 3.95. The van der Waals surface area contributed by atoms with E-state index in [-0.39, 0.29) is 6.04 Å². The summed E-state index contributed by atoms with van der Waals surface area (Å²) in [5, 5.41) is 13.4. The highest BCUT2D eigenvalue weighted by Crippen LogP contribution is 2.20. The van der Waals surface area contributed by atoms with Gasteiger partial charge in [0.25, 0.3) is 0 Å². The molecule has 0 amide bonds. The molecule has 0 saturated heterocycles. The van der Waals surface area contributed by atoms with E-state index in [1.165, 1.54) is 11.1 Å². The predicted octanol–water partition coefficient (Wildman–Crippen LogP) is 3.39. The average Bonchev–Trinajstić information content (AvgIpc) is 2.54. The van der Waals surface area contributed by atoms with E-state index in [9.17, 15) is 5.11 Å². The van der Waals surface area contributed by atoms with Crippen LogP contribution in [0, 0.1) is 13.8 Å². The normalized spacial score (nSPS) is 13.6. The Balaban J connectivity index is 1.78. The number of hydrogen-bond donors (Lipinski definition) is 2. The Morgan fingerprint density at radius 2 is 1.77 bits per heavy atom. The molecular formula is C19H25NO2. The molecule has 0 aromatic heterocycles. The summed E-state index contributed by atoms with van der Waals surface area (Å²) in [4.78, 5) is 0. The van der Waals surface area contributed by atoms with Gasteiger partial charge in [0.05, 0.1) is 0 Å². The van der Waals surface area contributed by atoms with E-state index in [4.69, 9.17) is 4.74 Å². The van der Waals surface area contributed by atoms with Crippen molar-refractivity contribution in [1.29, 1.82) is 0 Å². The van der Waals surface area contributed by atoms with Crippen LogP contribution in [0.25, 0.3) is 0 Å². The van der Waals surface area contributed by atoms with Crippen LogP contribution in [0.15, 0.2) is 48.5 Å². The third-order valence-electron chi connectivity index (χ3n) is 3.95. The smallest absolute Gasteiger partial charge is 0.122 e. The van der Waals surface area contributed by atoms with Crippen LogP contribution in [0.3, 0.4) is 0 Å². The molecule has 0 unspecified atom stereocenters. The zero-order valence-corrected chi connectivity index (χ0v) is 13.5. The summed E-state index contributed by atoms with van der Waals surface area (Å²) < 4.78 is 5.73. The monoisotopic (exact) mass is 299 g/mol. The van der Waals surface area contributed by atoms with Crippen molar-refractivity contribution in [3.8, 4) is 5.75 Å². The van der Waals surface area contributed by atoms with Gasteiger partial charge in [-0.1, -0.05) is 42.5 Å². The summed E-state index contributed by atoms with van der Waals surface area (Å²) in [6, 6.07) is 16.4. The minimum absolute atomic E-state index is 0.205. The molecule has 2 rings (SSSR count). The molecule has 2 atom stereocenters. The number of rotatable bonds is 7. The largest absolute Gasteiger partial charge is 0.491 e. The molecule has 0 aliphatic carbocycles. The highest BCUT2D eigenvalue weighted by atomic mass is 16.5. The summed E-state index contributed by atoms with van der Waals surface area (Å²) in [6.07, 6.45) is -0.536. The number of benzene rings is 2. The van der Waals surface area contributed by atoms with Gasteiger partial charge < -0.3 is 15.2 Å². The van der Waals surface area contributed by atoms with Gasteiger partial charge in [-0.3, -0.25) is 0 Å². The zero-order valence-electron chi connectivity index (χ0n) is 13.5. The molecule has 2 aromatic carbocycles. The molecule has 0 bridgehead atoms. The van der Waals surface area contributed by atoms with E-state index in [1.807, 2.05) is 37.3 Å². The second-order valence-corrected chi connectivity index (χ2v) is 5.70. The van der Waals surface area contributed by atoms with E-state index in [2.05, 4.69) is 37.4 Å². The maximum absolute atomic E-state index is 10.1. The molecule has 0 spiro atoms. The van der Waals surface area contributed by atoms with E-state index < -0.39 is 6.10 Å². The first kappa shape index (κ1) is 16.5. The maximum atomic E-state index is 10.1. The molecule has 3 nitrogen and oxygen atoms in total. The SMILES string of the molecule is Cc1cccc(OC[C@@H](O)CN[C@@H](C)c2ccccc2)c1C. The quantitative estimate of drug-likeness (QED) is 0.823. The van der Waals surface area contributed by atoms with Crippen molar-refractivity contribution in [1.82, 2.24) is 5.32 Å². The fraction of sp³-hybridized carbons (Fsp3) is 0.368. The van der Waals surface area contributed by atoms with E-state index >= 15 is 0 Å². The van der Waals surface area contributed by atoms with Gasteiger partial charge in [0.1, 0.15) is 18.5 Å². The van der Waals surface area contributed by atoms with Crippen molar-refractivity contribution in [3.05, 3.63) is 65.2 Å². The average molecular weight is 299 g/mol. The van der Waals surface area contributed by atoms with E-state index in [0.717, 1.165) is 11.3 Å². The lowest BCUT2D eigenvalue weighted by Gasteiger charge is -2.18. The van der Waals surface area contributed by atoms with Crippen molar-refractivity contribution < 1.29 is 9.84 Å². The molecule has 0 heterocycles. The van der Waals surface area contributed by atoms with E-state index in [1.54, 1.807) is 0 Å². The van der Waals surface area contributed by atoms with Gasteiger partial charge >= 0.3 is 0 Å². The van der Waals surface area contributed by atoms with Gasteiger partial charge in [0.2, 0.25) is 0 Å². The molecule has 0 saturated carbocycles. The van der Waals surface area contributed by atoms with Crippen LogP contribution in [0.2, 0.25) is 0 Å². The van der Waals surface area contributed by atoms with Gasteiger partial charge in [-0.25, -0.2) is 0 Å². The summed E-state index contributed by atoms with van der Waals surface area (Å²) in [7, 11) is 0. The Labute approximate surface area is 133 Å². The first-order chi connectivity index (χ1) is 10.6. The lowest BCUT2D eigenvalue weighted by atomic mass is 10.1. The standard InChI is InChI=1S/C19H25NO2/c1-14-8-7-11-19(15(14)2)22-13-18(21)12-20-16(3)17-9-5-4-6-10-17/h4-11,16,18,20-21H,12-13H2,1-3H3/t16-,18-/m0/s1. The van der Waals surface area contributed by atoms with Crippen LogP contribution in [0.4, 0.5) is 0 Å². The van der Waals surface area contributed by atoms with Crippen LogP contribution in [-0.4, -0.2) is 24.4 Å². The molecule has 0 radical (unpaired) electrons. The zero-order chi connectivity index (χ0) is 15.9. The van der Waals surface area contributed by atoms with Gasteiger partial charge in [-0.15, -0.1) is 0 Å². The molecular weight excluding hydrogens is 274 g/mol. The van der Waals surface area contributed by atoms with Crippen LogP contribution in [-0.2, 0) is 0 Å². The lowest BCUT2D eigenvalue weighted by Crippen LogP contribution is -2.33. The summed E-state index contributed by atoms with van der Waals surface area (Å²) >= 11 is 0. The van der Waals surface area contributed by atoms with Crippen molar-refractivity contribution in [2.24, 2.45) is 0 Å². The Kier molecular flexibility index (Phi) is 5.99. The molecule has 22 heavy (non-hydrogen) atoms. The van der Waals surface area contributed by atoms with E-state index in [0.29, 0.717) is 13.2 Å². The first-order valence-electron chi connectivity index (χ1n) is 7.73. The molecule has 0 aliphatic rings. The van der Waals surface area contributed by atoms with Gasteiger partial charge in [-0.2, -0.15) is 0 Å². The first-order valence-corrected chi connectivity index (χ1v) is 7.73. The highest BCUT2D eigenvalue weighted by molar-refractivity contribution is 5.38. The number of hydrogen-bond acceptors (Lipinski definition) is 3. The van der Waals surface area contributed by atoms with Crippen LogP contribution in [0.5, 0.6) is 5.75 Å². The minimum Gasteiger partial charge on any atom is -0.491 e. The van der Waals surface area contributed by atoms with Gasteiger partial charge in [-0.05, 0) is 43.5 Å². The number of aryl methyl sites for hydroxylation is 1. The number of aliphatic hydroxyl groups excluding tert-OH is 1. The van der Waals surface area contributed by atoms with Gasteiger partial charge in [0, 0.05) is 12.6 Å². The van der Waals surface area contributed by atoms with Crippen LogP contribution >= 0.6 is 0 Å². The second kappa shape index (κ2) is 7.97. The molecule has 0 aliphatic heterocycles. The Hall–Kier alpha value is -1.84. The lowest BCUT2D eigenvalue weighted by molar-refractivity contribution is 0.104. The number of ether oxygens (including phenoxy) is 1. The van der Waals surface area contributed by atoms with Crippen LogP contribution < -0.4 is 10.1 Å². The minimum atomic E-state index is -0.536. The summed E-state index contributed by atoms with van der Waals surface area (Å²) in [5.74, 6) is 0.843. The molecule has 3 heteroatoms. The van der Waals surface area contributed by atoms with Crippen molar-refractivity contribution in [3.63, 3.8) is 0 Å². The fourth-order valence-corrected chi connectivity index (χ4v) is 2.30. The molecule has 2 aromatic rings. The van der Waals surface area contributed by atoms with Crippen molar-refractivity contribution in [2.45, 2.75) is 32.9 Å². The Morgan fingerprint density at radius 3 is 2.50 bits per heavy atom. The Bertz CT molecular complexity index is 583. The number of nitrogens with one attached hydrogen (secondary N) is 1. The Morgan fingerprint density at radius 1 is 1.05 bits per heavy atom. The molecule has 0 fully saturated rings. The predicted molar refractivity (Wildman–Crippen MR) is 90.3 cm³/mol. The summed E-state index contributed by atoms with van der Waals surface area (Å²) in [6.45, 7) is 6.97. The molecule has 118 valence electrons. The maximum Gasteiger partial charge on any atom is 0.122 e.